The molecule has 0 fully saturated rings. The fourth-order valence-corrected chi connectivity index (χ4v) is 1.71. The molecule has 1 heterocycles. The van der Waals surface area contributed by atoms with Crippen LogP contribution in [0.1, 0.15) is 39.7 Å². The monoisotopic (exact) mass is 252 g/mol. The molecule has 18 heavy (non-hydrogen) atoms. The van der Waals surface area contributed by atoms with Crippen LogP contribution in [-0.2, 0) is 5.60 Å². The van der Waals surface area contributed by atoms with Crippen molar-refractivity contribution in [2.75, 3.05) is 13.2 Å². The SMILES string of the molecule is CCOc1cncc(C(C)(O)CCNC(C)C)c1. The first-order valence-electron chi connectivity index (χ1n) is 6.50. The van der Waals surface area contributed by atoms with Gasteiger partial charge in [-0.05, 0) is 32.9 Å². The second kappa shape index (κ2) is 6.71. The molecule has 2 N–H and O–H groups in total. The number of pyridine rings is 1. The van der Waals surface area contributed by atoms with Gasteiger partial charge in [-0.25, -0.2) is 0 Å². The van der Waals surface area contributed by atoms with Gasteiger partial charge in [-0.3, -0.25) is 4.98 Å². The summed E-state index contributed by atoms with van der Waals surface area (Å²) in [6, 6.07) is 2.28. The number of nitrogens with one attached hydrogen (secondary N) is 1. The minimum atomic E-state index is -0.887. The molecule has 4 nitrogen and oxygen atoms in total. The molecule has 1 aromatic heterocycles. The predicted octanol–water partition coefficient (Wildman–Crippen LogP) is 2.08. The maximum atomic E-state index is 10.5. The second-order valence-electron chi connectivity index (χ2n) is 4.98. The molecular weight excluding hydrogens is 228 g/mol. The number of aliphatic hydroxyl groups is 1. The van der Waals surface area contributed by atoms with Crippen LogP contribution in [0.2, 0.25) is 0 Å². The summed E-state index contributed by atoms with van der Waals surface area (Å²) in [6.07, 6.45) is 4.00. The minimum absolute atomic E-state index is 0.425. The molecule has 0 spiro atoms. The highest BCUT2D eigenvalue weighted by Gasteiger charge is 2.23. The summed E-state index contributed by atoms with van der Waals surface area (Å²) >= 11 is 0. The zero-order valence-corrected chi connectivity index (χ0v) is 11.7. The molecule has 0 aliphatic heterocycles. The van der Waals surface area contributed by atoms with Crippen molar-refractivity contribution in [3.05, 3.63) is 24.0 Å². The van der Waals surface area contributed by atoms with Gasteiger partial charge in [-0.2, -0.15) is 0 Å². The second-order valence-corrected chi connectivity index (χ2v) is 4.98. The zero-order valence-electron chi connectivity index (χ0n) is 11.7. The maximum Gasteiger partial charge on any atom is 0.137 e. The standard InChI is InChI=1S/C14H24N2O2/c1-5-18-13-8-12(9-15-10-13)14(4,17)6-7-16-11(2)3/h8-11,16-17H,5-7H2,1-4H3. The first kappa shape index (κ1) is 14.9. The molecule has 0 aromatic carbocycles. The van der Waals surface area contributed by atoms with Crippen molar-refractivity contribution >= 4 is 0 Å². The Kier molecular flexibility index (Phi) is 5.56. The van der Waals surface area contributed by atoms with Gasteiger partial charge < -0.3 is 15.2 Å². The first-order chi connectivity index (χ1) is 8.45. The van der Waals surface area contributed by atoms with Crippen LogP contribution in [0.25, 0.3) is 0 Å². The van der Waals surface area contributed by atoms with E-state index in [1.165, 1.54) is 0 Å². The quantitative estimate of drug-likeness (QED) is 0.780. The third-order valence-corrected chi connectivity index (χ3v) is 2.81. The van der Waals surface area contributed by atoms with Crippen LogP contribution in [0.4, 0.5) is 0 Å². The molecule has 1 rings (SSSR count). The third-order valence-electron chi connectivity index (χ3n) is 2.81. The summed E-state index contributed by atoms with van der Waals surface area (Å²) in [4.78, 5) is 4.11. The summed E-state index contributed by atoms with van der Waals surface area (Å²) in [6.45, 7) is 9.28. The Hall–Kier alpha value is -1.13. The lowest BCUT2D eigenvalue weighted by Gasteiger charge is -2.24. The van der Waals surface area contributed by atoms with Crippen LogP contribution in [0.5, 0.6) is 5.75 Å². The Morgan fingerprint density at radius 2 is 2.17 bits per heavy atom. The van der Waals surface area contributed by atoms with E-state index in [-0.39, 0.29) is 0 Å². The molecule has 1 aromatic rings. The fourth-order valence-electron chi connectivity index (χ4n) is 1.71. The van der Waals surface area contributed by atoms with Crippen molar-refractivity contribution in [2.24, 2.45) is 0 Å². The molecule has 102 valence electrons. The molecule has 0 aliphatic carbocycles. The lowest BCUT2D eigenvalue weighted by Crippen LogP contribution is -2.31. The fraction of sp³-hybridized carbons (Fsp3) is 0.643. The smallest absolute Gasteiger partial charge is 0.137 e. The van der Waals surface area contributed by atoms with E-state index in [0.29, 0.717) is 24.8 Å². The summed E-state index contributed by atoms with van der Waals surface area (Å²) in [5.41, 5.74) is -0.0962. The van der Waals surface area contributed by atoms with Gasteiger partial charge in [0.2, 0.25) is 0 Å². The largest absolute Gasteiger partial charge is 0.492 e. The van der Waals surface area contributed by atoms with E-state index >= 15 is 0 Å². The van der Waals surface area contributed by atoms with Gasteiger partial charge in [-0.15, -0.1) is 0 Å². The Balaban J connectivity index is 2.67. The lowest BCUT2D eigenvalue weighted by atomic mass is 9.94. The molecule has 0 aliphatic rings. The molecule has 1 unspecified atom stereocenters. The minimum Gasteiger partial charge on any atom is -0.492 e. The molecule has 0 bridgehead atoms. The van der Waals surface area contributed by atoms with Gasteiger partial charge in [0.1, 0.15) is 5.75 Å². The van der Waals surface area contributed by atoms with Gasteiger partial charge in [-0.1, -0.05) is 13.8 Å². The van der Waals surface area contributed by atoms with Crippen LogP contribution in [-0.4, -0.2) is 29.3 Å². The average Bonchev–Trinajstić information content (AvgIpc) is 2.29. The van der Waals surface area contributed by atoms with Crippen LogP contribution < -0.4 is 10.1 Å². The molecule has 0 saturated carbocycles. The zero-order chi connectivity index (χ0) is 13.6. The molecule has 1 atom stereocenters. The predicted molar refractivity (Wildman–Crippen MR) is 72.7 cm³/mol. The summed E-state index contributed by atoms with van der Waals surface area (Å²) in [7, 11) is 0. The topological polar surface area (TPSA) is 54.4 Å². The third kappa shape index (κ3) is 4.63. The van der Waals surface area contributed by atoms with E-state index in [2.05, 4.69) is 24.1 Å². The van der Waals surface area contributed by atoms with E-state index < -0.39 is 5.60 Å². The Labute approximate surface area is 109 Å². The summed E-state index contributed by atoms with van der Waals surface area (Å²) in [5.74, 6) is 0.701. The van der Waals surface area contributed by atoms with Gasteiger partial charge in [0, 0.05) is 17.8 Å². The van der Waals surface area contributed by atoms with E-state index in [9.17, 15) is 5.11 Å². The van der Waals surface area contributed by atoms with Crippen LogP contribution in [0.3, 0.4) is 0 Å². The highest BCUT2D eigenvalue weighted by molar-refractivity contribution is 5.27. The molecule has 4 heteroatoms. The maximum absolute atomic E-state index is 10.5. The van der Waals surface area contributed by atoms with Gasteiger partial charge >= 0.3 is 0 Å². The average molecular weight is 252 g/mol. The van der Waals surface area contributed by atoms with Crippen molar-refractivity contribution in [3.63, 3.8) is 0 Å². The summed E-state index contributed by atoms with van der Waals surface area (Å²) in [5, 5.41) is 13.8. The highest BCUT2D eigenvalue weighted by Crippen LogP contribution is 2.26. The summed E-state index contributed by atoms with van der Waals surface area (Å²) < 4.78 is 5.40. The van der Waals surface area contributed by atoms with Crippen molar-refractivity contribution < 1.29 is 9.84 Å². The number of aromatic nitrogens is 1. The molecule has 0 radical (unpaired) electrons. The highest BCUT2D eigenvalue weighted by atomic mass is 16.5. The molecule has 0 amide bonds. The van der Waals surface area contributed by atoms with Crippen LogP contribution in [0.15, 0.2) is 18.5 Å². The Morgan fingerprint density at radius 1 is 1.44 bits per heavy atom. The Bertz CT molecular complexity index is 365. The van der Waals surface area contributed by atoms with E-state index in [1.54, 1.807) is 12.4 Å². The van der Waals surface area contributed by atoms with E-state index in [0.717, 1.165) is 12.1 Å². The van der Waals surface area contributed by atoms with Crippen molar-refractivity contribution in [3.8, 4) is 5.75 Å². The molecule has 0 saturated heterocycles. The van der Waals surface area contributed by atoms with Crippen molar-refractivity contribution in [1.82, 2.24) is 10.3 Å². The van der Waals surface area contributed by atoms with Gasteiger partial charge in [0.15, 0.2) is 0 Å². The van der Waals surface area contributed by atoms with E-state index in [4.69, 9.17) is 4.74 Å². The van der Waals surface area contributed by atoms with Crippen molar-refractivity contribution in [1.29, 1.82) is 0 Å². The first-order valence-corrected chi connectivity index (χ1v) is 6.50. The van der Waals surface area contributed by atoms with Gasteiger partial charge in [0.25, 0.3) is 0 Å². The Morgan fingerprint density at radius 3 is 2.78 bits per heavy atom. The number of hydrogen-bond donors (Lipinski definition) is 2. The number of rotatable bonds is 7. The van der Waals surface area contributed by atoms with Crippen LogP contribution >= 0.6 is 0 Å². The lowest BCUT2D eigenvalue weighted by molar-refractivity contribution is 0.0469. The van der Waals surface area contributed by atoms with Crippen molar-refractivity contribution in [2.45, 2.75) is 45.8 Å². The van der Waals surface area contributed by atoms with Gasteiger partial charge in [0.05, 0.1) is 18.4 Å². The number of nitrogens with zero attached hydrogens (tertiary/aromatic N) is 1. The van der Waals surface area contributed by atoms with E-state index in [1.807, 2.05) is 19.9 Å². The molecular formula is C14H24N2O2. The van der Waals surface area contributed by atoms with Crippen LogP contribution in [0, 0.1) is 0 Å². The number of hydrogen-bond acceptors (Lipinski definition) is 4. The normalized spacial score (nSPS) is 14.6. The number of ether oxygens (including phenoxy) is 1.